The molecule has 0 radical (unpaired) electrons. The molecule has 0 aliphatic carbocycles. The summed E-state index contributed by atoms with van der Waals surface area (Å²) in [6, 6.07) is 37.6. The van der Waals surface area contributed by atoms with Crippen LogP contribution in [0.25, 0.3) is 22.3 Å². The number of nitrogens with zero attached hydrogens (tertiary/aromatic N) is 1. The lowest BCUT2D eigenvalue weighted by Gasteiger charge is -2.13. The lowest BCUT2D eigenvalue weighted by molar-refractivity contribution is 0.415. The number of aromatic hydroxyl groups is 1. The Kier molecular flexibility index (Phi) is 6.74. The lowest BCUT2D eigenvalue weighted by Crippen LogP contribution is -1.93. The number of hydrogen-bond acceptors (Lipinski definition) is 5. The fourth-order valence-electron chi connectivity index (χ4n) is 3.91. The molecule has 0 aromatic heterocycles. The van der Waals surface area contributed by atoms with Gasteiger partial charge in [0.05, 0.1) is 7.11 Å². The third-order valence-corrected chi connectivity index (χ3v) is 5.89. The zero-order chi connectivity index (χ0) is 25.6. The monoisotopic (exact) mass is 485 g/mol. The Bertz CT molecular complexity index is 1530. The largest absolute Gasteiger partial charge is 0.508 e. The fraction of sp³-hybridized carbons (Fsp3) is 0.0312. The van der Waals surface area contributed by atoms with Crippen LogP contribution in [0.4, 0.5) is 0 Å². The summed E-state index contributed by atoms with van der Waals surface area (Å²) in [6.45, 7) is 0. The Balaban J connectivity index is 1.32. The van der Waals surface area contributed by atoms with E-state index in [1.165, 1.54) is 0 Å². The normalized spacial score (nSPS) is 10.4. The molecule has 5 nitrogen and oxygen atoms in total. The van der Waals surface area contributed by atoms with E-state index in [1.807, 2.05) is 84.9 Å². The van der Waals surface area contributed by atoms with Gasteiger partial charge in [0.2, 0.25) is 0 Å². The smallest absolute Gasteiger partial charge is 0.149 e. The van der Waals surface area contributed by atoms with E-state index < -0.39 is 0 Å². The Morgan fingerprint density at radius 2 is 0.919 bits per heavy atom. The predicted molar refractivity (Wildman–Crippen MR) is 143 cm³/mol. The highest BCUT2D eigenvalue weighted by Gasteiger charge is 2.13. The van der Waals surface area contributed by atoms with Crippen molar-refractivity contribution in [1.29, 1.82) is 5.26 Å². The van der Waals surface area contributed by atoms with Crippen LogP contribution < -0.4 is 14.2 Å². The van der Waals surface area contributed by atoms with Crippen LogP contribution in [0, 0.1) is 11.3 Å². The van der Waals surface area contributed by atoms with Crippen LogP contribution in [0.15, 0.2) is 115 Å². The van der Waals surface area contributed by atoms with Gasteiger partial charge in [0.1, 0.15) is 46.1 Å². The van der Waals surface area contributed by atoms with Gasteiger partial charge in [-0.3, -0.25) is 0 Å². The molecule has 5 aromatic rings. The van der Waals surface area contributed by atoms with Crippen LogP contribution in [0.5, 0.6) is 34.5 Å². The second-order valence-electron chi connectivity index (χ2n) is 8.27. The fourth-order valence-corrected chi connectivity index (χ4v) is 3.91. The number of ether oxygens (including phenoxy) is 3. The number of phenols is 1. The number of benzene rings is 5. The van der Waals surface area contributed by atoms with E-state index in [4.69, 9.17) is 14.2 Å². The number of rotatable bonds is 7. The van der Waals surface area contributed by atoms with Gasteiger partial charge < -0.3 is 19.3 Å². The van der Waals surface area contributed by atoms with Gasteiger partial charge in [-0.1, -0.05) is 54.6 Å². The first-order valence-electron chi connectivity index (χ1n) is 11.7. The summed E-state index contributed by atoms with van der Waals surface area (Å²) in [5.74, 6) is 3.07. The highest BCUT2D eigenvalue weighted by atomic mass is 16.5. The molecule has 0 saturated heterocycles. The minimum absolute atomic E-state index is 0.225. The molecule has 5 heteroatoms. The molecule has 0 saturated carbocycles. The quantitative estimate of drug-likeness (QED) is 0.252. The second-order valence-corrected chi connectivity index (χ2v) is 8.27. The molecule has 0 atom stereocenters. The van der Waals surface area contributed by atoms with E-state index >= 15 is 0 Å². The molecular formula is C32H23NO4. The molecule has 0 unspecified atom stereocenters. The average Bonchev–Trinajstić information content (AvgIpc) is 2.95. The highest BCUT2D eigenvalue weighted by Crippen LogP contribution is 2.35. The highest BCUT2D eigenvalue weighted by molar-refractivity contribution is 5.66. The third-order valence-electron chi connectivity index (χ3n) is 5.89. The third kappa shape index (κ3) is 5.39. The van der Waals surface area contributed by atoms with Crippen LogP contribution in [0.2, 0.25) is 0 Å². The van der Waals surface area contributed by atoms with Gasteiger partial charge in [-0.2, -0.15) is 5.26 Å². The van der Waals surface area contributed by atoms with Gasteiger partial charge in [-0.15, -0.1) is 0 Å². The van der Waals surface area contributed by atoms with Gasteiger partial charge in [-0.05, 0) is 82.9 Å². The Hall–Kier alpha value is -5.21. The van der Waals surface area contributed by atoms with Crippen molar-refractivity contribution in [2.45, 2.75) is 0 Å². The maximum Gasteiger partial charge on any atom is 0.149 e. The lowest BCUT2D eigenvalue weighted by atomic mass is 10.1. The number of hydrogen-bond donors (Lipinski definition) is 1. The first-order chi connectivity index (χ1) is 18.1. The summed E-state index contributed by atoms with van der Waals surface area (Å²) in [5, 5.41) is 19.4. The standard InChI is InChI=1S/C32H23NO4/c1-35-27-15-7-23(8-16-27)25-11-19-29(20-12-25)37-32-4-2-3-31(30(32)21-33)36-28-17-9-24(10-18-28)22-5-13-26(34)14-6-22/h2-20,34H,1H3. The number of phenolic OH excluding ortho intramolecular Hbond substituents is 1. The molecule has 0 amide bonds. The first-order valence-corrected chi connectivity index (χ1v) is 11.7. The van der Waals surface area contributed by atoms with Crippen molar-refractivity contribution >= 4 is 0 Å². The SMILES string of the molecule is COc1ccc(-c2ccc(Oc3cccc(Oc4ccc(-c5ccc(O)cc5)cc4)c3C#N)cc2)cc1. The van der Waals surface area contributed by atoms with Crippen LogP contribution in [0.3, 0.4) is 0 Å². The van der Waals surface area contributed by atoms with Gasteiger partial charge in [0.15, 0.2) is 0 Å². The molecule has 37 heavy (non-hydrogen) atoms. The van der Waals surface area contributed by atoms with Crippen molar-refractivity contribution in [2.75, 3.05) is 7.11 Å². The summed E-state index contributed by atoms with van der Waals surface area (Å²) in [6.07, 6.45) is 0. The summed E-state index contributed by atoms with van der Waals surface area (Å²) < 4.78 is 17.3. The zero-order valence-corrected chi connectivity index (χ0v) is 20.1. The van der Waals surface area contributed by atoms with Crippen molar-refractivity contribution in [3.05, 3.63) is 121 Å². The summed E-state index contributed by atoms with van der Waals surface area (Å²) >= 11 is 0. The molecule has 0 spiro atoms. The minimum Gasteiger partial charge on any atom is -0.508 e. The molecule has 5 rings (SSSR count). The maximum atomic E-state index is 9.87. The van der Waals surface area contributed by atoms with Crippen molar-refractivity contribution < 1.29 is 19.3 Å². The van der Waals surface area contributed by atoms with Crippen LogP contribution in [0.1, 0.15) is 5.56 Å². The van der Waals surface area contributed by atoms with E-state index in [0.717, 1.165) is 28.0 Å². The van der Waals surface area contributed by atoms with Gasteiger partial charge in [0, 0.05) is 0 Å². The van der Waals surface area contributed by atoms with Gasteiger partial charge >= 0.3 is 0 Å². The maximum absolute atomic E-state index is 9.87. The molecule has 0 aliphatic heterocycles. The van der Waals surface area contributed by atoms with Gasteiger partial charge in [0.25, 0.3) is 0 Å². The zero-order valence-electron chi connectivity index (χ0n) is 20.1. The molecule has 1 N–H and O–H groups in total. The van der Waals surface area contributed by atoms with Crippen LogP contribution >= 0.6 is 0 Å². The molecule has 0 bridgehead atoms. The van der Waals surface area contributed by atoms with Crippen LogP contribution in [-0.4, -0.2) is 12.2 Å². The Morgan fingerprint density at radius 1 is 0.541 bits per heavy atom. The Morgan fingerprint density at radius 3 is 1.30 bits per heavy atom. The molecule has 0 heterocycles. The molecule has 5 aromatic carbocycles. The Labute approximate surface area is 215 Å². The van der Waals surface area contributed by atoms with E-state index in [0.29, 0.717) is 28.6 Å². The van der Waals surface area contributed by atoms with E-state index in [-0.39, 0.29) is 5.75 Å². The van der Waals surface area contributed by atoms with Crippen LogP contribution in [-0.2, 0) is 0 Å². The van der Waals surface area contributed by atoms with Crippen molar-refractivity contribution in [1.82, 2.24) is 0 Å². The minimum atomic E-state index is 0.225. The average molecular weight is 486 g/mol. The second kappa shape index (κ2) is 10.6. The van der Waals surface area contributed by atoms with Crippen molar-refractivity contribution in [3.8, 4) is 62.8 Å². The topological polar surface area (TPSA) is 71.7 Å². The summed E-state index contributed by atoms with van der Waals surface area (Å²) in [5.41, 5.74) is 4.39. The summed E-state index contributed by atoms with van der Waals surface area (Å²) in [7, 11) is 1.64. The van der Waals surface area contributed by atoms with E-state index in [9.17, 15) is 10.4 Å². The number of methoxy groups -OCH3 is 1. The van der Waals surface area contributed by atoms with Crippen molar-refractivity contribution in [2.24, 2.45) is 0 Å². The summed E-state index contributed by atoms with van der Waals surface area (Å²) in [4.78, 5) is 0. The molecule has 180 valence electrons. The first kappa shape index (κ1) is 23.5. The predicted octanol–water partition coefficient (Wildman–Crippen LogP) is 8.19. The van der Waals surface area contributed by atoms with Gasteiger partial charge in [-0.25, -0.2) is 0 Å². The van der Waals surface area contributed by atoms with E-state index in [2.05, 4.69) is 6.07 Å². The molecule has 0 fully saturated rings. The molecular weight excluding hydrogens is 462 g/mol. The van der Waals surface area contributed by atoms with E-state index in [1.54, 1.807) is 37.4 Å². The number of nitriles is 1. The molecule has 0 aliphatic rings. The van der Waals surface area contributed by atoms with Crippen molar-refractivity contribution in [3.63, 3.8) is 0 Å².